The predicted octanol–water partition coefficient (Wildman–Crippen LogP) is 1.65. The Balaban J connectivity index is 2.85. The van der Waals surface area contributed by atoms with E-state index in [1.165, 1.54) is 0 Å². The molecule has 1 heterocycles. The fraction of sp³-hybridized carbons (Fsp3) is 0.429. The first kappa shape index (κ1) is 6.20. The van der Waals surface area contributed by atoms with E-state index in [0.29, 0.717) is 0 Å². The molecule has 0 fully saturated rings. The lowest BCUT2D eigenvalue weighted by atomic mass is 10.2. The van der Waals surface area contributed by atoms with Crippen LogP contribution in [0, 0.1) is 6.26 Å². The van der Waals surface area contributed by atoms with Gasteiger partial charge in [0.05, 0.1) is 7.11 Å². The van der Waals surface area contributed by atoms with Crippen LogP contribution in [-0.2, 0) is 6.42 Å². The highest BCUT2D eigenvalue weighted by Crippen LogP contribution is 2.17. The van der Waals surface area contributed by atoms with Crippen LogP contribution in [0.1, 0.15) is 12.5 Å². The second kappa shape index (κ2) is 2.58. The topological polar surface area (TPSA) is 22.4 Å². The van der Waals surface area contributed by atoms with Gasteiger partial charge < -0.3 is 9.15 Å². The number of hydrogen-bond donors (Lipinski definition) is 0. The van der Waals surface area contributed by atoms with Gasteiger partial charge in [-0.25, -0.2) is 0 Å². The summed E-state index contributed by atoms with van der Waals surface area (Å²) in [6.07, 6.45) is 5.16. The monoisotopic (exact) mass is 125 g/mol. The Labute approximate surface area is 54.4 Å². The number of furan rings is 1. The Bertz CT molecular complexity index is 160. The maximum Gasteiger partial charge on any atom is 0.176 e. The third-order valence-electron chi connectivity index (χ3n) is 1.22. The summed E-state index contributed by atoms with van der Waals surface area (Å²) < 4.78 is 9.73. The Kier molecular flexibility index (Phi) is 1.78. The molecule has 1 rings (SSSR count). The zero-order valence-corrected chi connectivity index (χ0v) is 5.60. The van der Waals surface area contributed by atoms with Gasteiger partial charge in [0, 0.05) is 5.56 Å². The predicted molar refractivity (Wildman–Crippen MR) is 33.5 cm³/mol. The van der Waals surface area contributed by atoms with E-state index in [-0.39, 0.29) is 0 Å². The molecule has 0 saturated carbocycles. The highest BCUT2D eigenvalue weighted by atomic mass is 16.5. The second-order valence-corrected chi connectivity index (χ2v) is 1.74. The van der Waals surface area contributed by atoms with Crippen LogP contribution < -0.4 is 4.74 Å². The third kappa shape index (κ3) is 1.07. The summed E-state index contributed by atoms with van der Waals surface area (Å²) in [5.74, 6) is 0.789. The smallest absolute Gasteiger partial charge is 0.176 e. The minimum atomic E-state index is 0.789. The first-order valence-electron chi connectivity index (χ1n) is 2.90. The molecule has 0 spiro atoms. The summed E-state index contributed by atoms with van der Waals surface area (Å²) in [5, 5.41) is 0. The molecule has 1 radical (unpaired) electrons. The molecule has 0 atom stereocenters. The van der Waals surface area contributed by atoms with E-state index in [0.717, 1.165) is 17.7 Å². The van der Waals surface area contributed by atoms with Crippen LogP contribution in [-0.4, -0.2) is 7.11 Å². The molecule has 0 unspecified atom stereocenters. The van der Waals surface area contributed by atoms with Gasteiger partial charge in [0.2, 0.25) is 0 Å². The minimum Gasteiger partial charge on any atom is -0.493 e. The zero-order valence-electron chi connectivity index (χ0n) is 5.60. The highest BCUT2D eigenvalue weighted by molar-refractivity contribution is 5.26. The van der Waals surface area contributed by atoms with Gasteiger partial charge in [-0.15, -0.1) is 0 Å². The minimum absolute atomic E-state index is 0.789. The molecule has 49 valence electrons. The van der Waals surface area contributed by atoms with E-state index in [1.807, 2.05) is 6.92 Å². The van der Waals surface area contributed by atoms with Crippen LogP contribution in [0.3, 0.4) is 0 Å². The molecular formula is C7H9O2. The number of hydrogen-bond acceptors (Lipinski definition) is 2. The maximum absolute atomic E-state index is 4.95. The lowest BCUT2D eigenvalue weighted by molar-refractivity contribution is 0.403. The molecule has 9 heavy (non-hydrogen) atoms. The van der Waals surface area contributed by atoms with Crippen molar-refractivity contribution in [3.63, 3.8) is 0 Å². The normalized spacial score (nSPS) is 9.56. The highest BCUT2D eigenvalue weighted by Gasteiger charge is 2.01. The van der Waals surface area contributed by atoms with Gasteiger partial charge in [0.15, 0.2) is 12.0 Å². The number of aryl methyl sites for hydroxylation is 1. The molecule has 1 aromatic rings. The summed E-state index contributed by atoms with van der Waals surface area (Å²) in [4.78, 5) is 0. The van der Waals surface area contributed by atoms with Gasteiger partial charge in [-0.05, 0) is 6.42 Å². The molecule has 2 nitrogen and oxygen atoms in total. The van der Waals surface area contributed by atoms with E-state index in [9.17, 15) is 0 Å². The average Bonchev–Trinajstić information content (AvgIpc) is 2.33. The van der Waals surface area contributed by atoms with Gasteiger partial charge in [0.1, 0.15) is 6.26 Å². The van der Waals surface area contributed by atoms with E-state index >= 15 is 0 Å². The summed E-state index contributed by atoms with van der Waals surface area (Å²) in [5.41, 5.74) is 0.998. The van der Waals surface area contributed by atoms with Gasteiger partial charge in [-0.1, -0.05) is 6.92 Å². The molecule has 0 N–H and O–H groups in total. The van der Waals surface area contributed by atoms with Crippen molar-refractivity contribution < 1.29 is 9.15 Å². The van der Waals surface area contributed by atoms with Crippen molar-refractivity contribution in [2.45, 2.75) is 13.3 Å². The standard InChI is InChI=1S/C7H9O2/c1-3-6-4-9-5-7(6)8-2/h5H,3H2,1-2H3. The second-order valence-electron chi connectivity index (χ2n) is 1.74. The van der Waals surface area contributed by atoms with Crippen LogP contribution in [0.5, 0.6) is 5.75 Å². The van der Waals surface area contributed by atoms with Gasteiger partial charge in [0.25, 0.3) is 0 Å². The van der Waals surface area contributed by atoms with Crippen molar-refractivity contribution in [1.82, 2.24) is 0 Å². The molecule has 2 heteroatoms. The summed E-state index contributed by atoms with van der Waals surface area (Å²) in [6, 6.07) is 0. The number of rotatable bonds is 2. The van der Waals surface area contributed by atoms with Gasteiger partial charge in [-0.3, -0.25) is 0 Å². The van der Waals surface area contributed by atoms with Crippen molar-refractivity contribution in [3.05, 3.63) is 18.1 Å². The summed E-state index contributed by atoms with van der Waals surface area (Å²) >= 11 is 0. The largest absolute Gasteiger partial charge is 0.493 e. The number of ether oxygens (including phenoxy) is 1. The van der Waals surface area contributed by atoms with E-state index in [1.54, 1.807) is 13.4 Å². The molecule has 0 aliphatic carbocycles. The van der Waals surface area contributed by atoms with E-state index in [4.69, 9.17) is 9.15 Å². The summed E-state index contributed by atoms with van der Waals surface area (Å²) in [6.45, 7) is 2.03. The van der Waals surface area contributed by atoms with Crippen LogP contribution in [0.25, 0.3) is 0 Å². The molecule has 0 aromatic carbocycles. The molecule has 0 bridgehead atoms. The Hall–Kier alpha value is -0.920. The quantitative estimate of drug-likeness (QED) is 0.599. The van der Waals surface area contributed by atoms with Crippen LogP contribution in [0.4, 0.5) is 0 Å². The van der Waals surface area contributed by atoms with Gasteiger partial charge in [-0.2, -0.15) is 0 Å². The van der Waals surface area contributed by atoms with E-state index in [2.05, 4.69) is 6.26 Å². The zero-order chi connectivity index (χ0) is 6.69. The average molecular weight is 125 g/mol. The van der Waals surface area contributed by atoms with Crippen molar-refractivity contribution in [3.8, 4) is 5.75 Å². The molecule has 0 aliphatic rings. The Morgan fingerprint density at radius 1 is 1.78 bits per heavy atom. The molecule has 0 amide bonds. The van der Waals surface area contributed by atoms with Gasteiger partial charge >= 0.3 is 0 Å². The SMILES string of the molecule is CCc1[c]occ1OC. The summed E-state index contributed by atoms with van der Waals surface area (Å²) in [7, 11) is 1.62. The van der Waals surface area contributed by atoms with Crippen molar-refractivity contribution in [1.29, 1.82) is 0 Å². The van der Waals surface area contributed by atoms with Crippen molar-refractivity contribution >= 4 is 0 Å². The third-order valence-corrected chi connectivity index (χ3v) is 1.22. The Morgan fingerprint density at radius 2 is 2.56 bits per heavy atom. The fourth-order valence-corrected chi connectivity index (χ4v) is 0.693. The first-order valence-corrected chi connectivity index (χ1v) is 2.90. The van der Waals surface area contributed by atoms with Crippen LogP contribution in [0.2, 0.25) is 0 Å². The van der Waals surface area contributed by atoms with Crippen molar-refractivity contribution in [2.24, 2.45) is 0 Å². The molecule has 0 saturated heterocycles. The fourth-order valence-electron chi connectivity index (χ4n) is 0.693. The van der Waals surface area contributed by atoms with Crippen molar-refractivity contribution in [2.75, 3.05) is 7.11 Å². The molecular weight excluding hydrogens is 116 g/mol. The lowest BCUT2D eigenvalue weighted by Crippen LogP contribution is -1.83. The number of methoxy groups -OCH3 is 1. The lowest BCUT2D eigenvalue weighted by Gasteiger charge is -1.93. The Morgan fingerprint density at radius 3 is 3.00 bits per heavy atom. The van der Waals surface area contributed by atoms with E-state index < -0.39 is 0 Å². The van der Waals surface area contributed by atoms with Crippen LogP contribution >= 0.6 is 0 Å². The molecule has 1 aromatic heterocycles. The maximum atomic E-state index is 4.95. The molecule has 0 aliphatic heterocycles. The first-order chi connectivity index (χ1) is 4.38. The van der Waals surface area contributed by atoms with Crippen LogP contribution in [0.15, 0.2) is 10.7 Å².